The van der Waals surface area contributed by atoms with Crippen molar-refractivity contribution in [3.05, 3.63) is 59.7 Å². The van der Waals surface area contributed by atoms with E-state index in [1.54, 1.807) is 7.11 Å². The highest BCUT2D eigenvalue weighted by atomic mass is 16.5. The summed E-state index contributed by atoms with van der Waals surface area (Å²) in [7, 11) is 1.73. The van der Waals surface area contributed by atoms with Crippen LogP contribution in [-0.4, -0.2) is 44.7 Å². The van der Waals surface area contributed by atoms with Gasteiger partial charge < -0.3 is 15.4 Å². The number of nitrogens with two attached hydrogens (primary N) is 1. The van der Waals surface area contributed by atoms with Crippen molar-refractivity contribution in [1.82, 2.24) is 4.90 Å². The summed E-state index contributed by atoms with van der Waals surface area (Å²) < 4.78 is 5.50. The molecule has 128 valence electrons. The molecule has 0 amide bonds. The summed E-state index contributed by atoms with van der Waals surface area (Å²) in [6.45, 7) is 6.76. The second-order valence-corrected chi connectivity index (χ2v) is 6.36. The Bertz CT molecular complexity index is 648. The molecular weight excluding hydrogens is 298 g/mol. The molecule has 0 radical (unpaired) electrons. The zero-order valence-electron chi connectivity index (χ0n) is 14.6. The van der Waals surface area contributed by atoms with Gasteiger partial charge in [-0.3, -0.25) is 4.90 Å². The molecule has 1 unspecified atom stereocenters. The number of aryl methyl sites for hydroxylation is 1. The minimum absolute atomic E-state index is 0.297. The summed E-state index contributed by atoms with van der Waals surface area (Å²) in [5.41, 5.74) is 9.87. The van der Waals surface area contributed by atoms with Gasteiger partial charge in [0, 0.05) is 38.8 Å². The van der Waals surface area contributed by atoms with E-state index >= 15 is 0 Å². The maximum Gasteiger partial charge on any atom is 0.142 e. The molecule has 2 N–H and O–H groups in total. The summed E-state index contributed by atoms with van der Waals surface area (Å²) >= 11 is 0. The molecule has 1 saturated heterocycles. The Labute approximate surface area is 144 Å². The molecule has 0 aliphatic carbocycles. The van der Waals surface area contributed by atoms with Gasteiger partial charge in [0.2, 0.25) is 0 Å². The number of benzene rings is 2. The van der Waals surface area contributed by atoms with E-state index in [-0.39, 0.29) is 0 Å². The van der Waals surface area contributed by atoms with Crippen molar-refractivity contribution in [2.24, 2.45) is 5.73 Å². The molecule has 1 aliphatic rings. The zero-order valence-corrected chi connectivity index (χ0v) is 14.6. The van der Waals surface area contributed by atoms with Crippen molar-refractivity contribution in [2.45, 2.75) is 13.0 Å². The van der Waals surface area contributed by atoms with Crippen molar-refractivity contribution in [2.75, 3.05) is 44.7 Å². The van der Waals surface area contributed by atoms with E-state index < -0.39 is 0 Å². The Morgan fingerprint density at radius 1 is 1.00 bits per heavy atom. The predicted molar refractivity (Wildman–Crippen MR) is 99.8 cm³/mol. The van der Waals surface area contributed by atoms with Crippen LogP contribution in [0.15, 0.2) is 48.5 Å². The van der Waals surface area contributed by atoms with Gasteiger partial charge in [-0.1, -0.05) is 42.0 Å². The molecule has 1 fully saturated rings. The quantitative estimate of drug-likeness (QED) is 0.918. The van der Waals surface area contributed by atoms with E-state index in [0.29, 0.717) is 12.6 Å². The van der Waals surface area contributed by atoms with Crippen LogP contribution in [-0.2, 0) is 0 Å². The molecule has 0 spiro atoms. The summed E-state index contributed by atoms with van der Waals surface area (Å²) in [6.07, 6.45) is 0. The lowest BCUT2D eigenvalue weighted by atomic mass is 10.0. The van der Waals surface area contributed by atoms with Crippen molar-refractivity contribution in [1.29, 1.82) is 0 Å². The number of anilines is 1. The van der Waals surface area contributed by atoms with Crippen LogP contribution >= 0.6 is 0 Å². The second kappa shape index (κ2) is 7.69. The van der Waals surface area contributed by atoms with Gasteiger partial charge in [-0.2, -0.15) is 0 Å². The molecule has 1 heterocycles. The molecule has 0 aromatic heterocycles. The third-order valence-corrected chi connectivity index (χ3v) is 4.87. The summed E-state index contributed by atoms with van der Waals surface area (Å²) in [5.74, 6) is 0.944. The molecule has 1 atom stereocenters. The molecule has 3 rings (SSSR count). The number of rotatable bonds is 5. The SMILES string of the molecule is COc1ccccc1N1CCN(C(CN)c2ccc(C)cc2)CC1. The lowest BCUT2D eigenvalue weighted by molar-refractivity contribution is 0.190. The highest BCUT2D eigenvalue weighted by molar-refractivity contribution is 5.58. The van der Waals surface area contributed by atoms with Crippen LogP contribution in [0, 0.1) is 6.92 Å². The predicted octanol–water partition coefficient (Wildman–Crippen LogP) is 2.83. The van der Waals surface area contributed by atoms with Crippen LogP contribution in [0.25, 0.3) is 0 Å². The van der Waals surface area contributed by atoms with Crippen LogP contribution in [0.2, 0.25) is 0 Å². The lowest BCUT2D eigenvalue weighted by Crippen LogP contribution is -2.49. The highest BCUT2D eigenvalue weighted by Gasteiger charge is 2.25. The largest absolute Gasteiger partial charge is 0.495 e. The highest BCUT2D eigenvalue weighted by Crippen LogP contribution is 2.30. The number of ether oxygens (including phenoxy) is 1. The number of piperazine rings is 1. The minimum atomic E-state index is 0.297. The molecule has 1 aliphatic heterocycles. The van der Waals surface area contributed by atoms with Crippen molar-refractivity contribution in [3.63, 3.8) is 0 Å². The van der Waals surface area contributed by atoms with Crippen LogP contribution in [0.3, 0.4) is 0 Å². The van der Waals surface area contributed by atoms with Gasteiger partial charge >= 0.3 is 0 Å². The molecule has 24 heavy (non-hydrogen) atoms. The summed E-state index contributed by atoms with van der Waals surface area (Å²) in [6, 6.07) is 17.3. The van der Waals surface area contributed by atoms with Gasteiger partial charge in [0.15, 0.2) is 0 Å². The van der Waals surface area contributed by atoms with Crippen molar-refractivity contribution < 1.29 is 4.74 Å². The van der Waals surface area contributed by atoms with Gasteiger partial charge in [0.05, 0.1) is 12.8 Å². The Balaban J connectivity index is 1.68. The van der Waals surface area contributed by atoms with Crippen LogP contribution in [0.4, 0.5) is 5.69 Å². The monoisotopic (exact) mass is 325 g/mol. The molecule has 2 aromatic carbocycles. The maximum atomic E-state index is 6.09. The Hall–Kier alpha value is -2.04. The fourth-order valence-corrected chi connectivity index (χ4v) is 3.45. The molecule has 2 aromatic rings. The van der Waals surface area contributed by atoms with E-state index in [4.69, 9.17) is 10.5 Å². The van der Waals surface area contributed by atoms with Crippen LogP contribution < -0.4 is 15.4 Å². The number of para-hydroxylation sites is 2. The number of methoxy groups -OCH3 is 1. The van der Waals surface area contributed by atoms with Crippen molar-refractivity contribution in [3.8, 4) is 5.75 Å². The normalized spacial score (nSPS) is 16.9. The fourth-order valence-electron chi connectivity index (χ4n) is 3.45. The average Bonchev–Trinajstić information content (AvgIpc) is 2.64. The standard InChI is InChI=1S/C20H27N3O/c1-16-7-9-17(10-8-16)19(15-21)23-13-11-22(12-14-23)18-5-3-4-6-20(18)24-2/h3-10,19H,11-15,21H2,1-2H3. The van der Waals surface area contributed by atoms with E-state index in [2.05, 4.69) is 53.1 Å². The third-order valence-electron chi connectivity index (χ3n) is 4.87. The molecular formula is C20H27N3O. The maximum absolute atomic E-state index is 6.09. The lowest BCUT2D eigenvalue weighted by Gasteiger charge is -2.40. The van der Waals surface area contributed by atoms with Gasteiger partial charge in [0.25, 0.3) is 0 Å². The van der Waals surface area contributed by atoms with E-state index in [0.717, 1.165) is 31.9 Å². The number of hydrogen-bond acceptors (Lipinski definition) is 4. The third kappa shape index (κ3) is 3.55. The first-order chi connectivity index (χ1) is 11.7. The molecule has 4 heteroatoms. The Morgan fingerprint density at radius 3 is 2.29 bits per heavy atom. The number of hydrogen-bond donors (Lipinski definition) is 1. The Kier molecular flexibility index (Phi) is 5.38. The van der Waals surface area contributed by atoms with Gasteiger partial charge in [-0.25, -0.2) is 0 Å². The van der Waals surface area contributed by atoms with Crippen LogP contribution in [0.1, 0.15) is 17.2 Å². The molecule has 0 bridgehead atoms. The zero-order chi connectivity index (χ0) is 16.9. The first kappa shape index (κ1) is 16.8. The molecule has 0 saturated carbocycles. The average molecular weight is 325 g/mol. The molecule has 4 nitrogen and oxygen atoms in total. The minimum Gasteiger partial charge on any atom is -0.495 e. The van der Waals surface area contributed by atoms with Gasteiger partial charge in [0.1, 0.15) is 5.75 Å². The first-order valence-corrected chi connectivity index (χ1v) is 8.61. The van der Waals surface area contributed by atoms with E-state index in [1.165, 1.54) is 16.8 Å². The second-order valence-electron chi connectivity index (χ2n) is 6.36. The van der Waals surface area contributed by atoms with Crippen LogP contribution in [0.5, 0.6) is 5.75 Å². The number of nitrogens with zero attached hydrogens (tertiary/aromatic N) is 2. The topological polar surface area (TPSA) is 41.7 Å². The fraction of sp³-hybridized carbons (Fsp3) is 0.400. The smallest absolute Gasteiger partial charge is 0.142 e. The van der Waals surface area contributed by atoms with E-state index in [1.807, 2.05) is 12.1 Å². The Morgan fingerprint density at radius 2 is 1.67 bits per heavy atom. The summed E-state index contributed by atoms with van der Waals surface area (Å²) in [4.78, 5) is 4.90. The summed E-state index contributed by atoms with van der Waals surface area (Å²) in [5, 5.41) is 0. The van der Waals surface area contributed by atoms with E-state index in [9.17, 15) is 0 Å². The first-order valence-electron chi connectivity index (χ1n) is 8.61. The van der Waals surface area contributed by atoms with Gasteiger partial charge in [-0.15, -0.1) is 0 Å². The van der Waals surface area contributed by atoms with Crippen molar-refractivity contribution >= 4 is 5.69 Å². The van der Waals surface area contributed by atoms with Gasteiger partial charge in [-0.05, 0) is 24.6 Å².